The van der Waals surface area contributed by atoms with Crippen LogP contribution in [0.4, 0.5) is 8.78 Å². The summed E-state index contributed by atoms with van der Waals surface area (Å²) < 4.78 is 24.5. The van der Waals surface area contributed by atoms with Crippen LogP contribution in [-0.2, 0) is 0 Å². The van der Waals surface area contributed by atoms with Crippen molar-refractivity contribution in [2.75, 3.05) is 0 Å². The molecule has 2 atom stereocenters. The molecule has 2 unspecified atom stereocenters. The smallest absolute Gasteiger partial charge is 0.123 e. The Kier molecular flexibility index (Phi) is 6.28. The van der Waals surface area contributed by atoms with Gasteiger partial charge >= 0.3 is 0 Å². The van der Waals surface area contributed by atoms with E-state index in [1.54, 1.807) is 38.1 Å². The van der Waals surface area contributed by atoms with Crippen LogP contribution in [0.2, 0.25) is 0 Å². The first kappa shape index (κ1) is 16.3. The molecule has 0 fully saturated rings. The van der Waals surface area contributed by atoms with Gasteiger partial charge in [0.2, 0.25) is 0 Å². The molecule has 0 saturated heterocycles. The maximum Gasteiger partial charge on any atom is 0.123 e. The second-order valence-corrected chi connectivity index (χ2v) is 4.46. The molecule has 2 aromatic rings. The highest BCUT2D eigenvalue weighted by Crippen LogP contribution is 2.12. The molecule has 0 bridgehead atoms. The highest BCUT2D eigenvalue weighted by atomic mass is 19.1. The molecule has 20 heavy (non-hydrogen) atoms. The van der Waals surface area contributed by atoms with Crippen molar-refractivity contribution < 1.29 is 19.0 Å². The minimum absolute atomic E-state index is 0.274. The summed E-state index contributed by atoms with van der Waals surface area (Å²) in [6.45, 7) is 3.29. The van der Waals surface area contributed by atoms with Crippen molar-refractivity contribution in [3.8, 4) is 0 Å². The fourth-order valence-corrected chi connectivity index (χ4v) is 1.48. The van der Waals surface area contributed by atoms with Crippen LogP contribution in [0.25, 0.3) is 0 Å². The van der Waals surface area contributed by atoms with Crippen LogP contribution < -0.4 is 0 Å². The minimum Gasteiger partial charge on any atom is -0.389 e. The molecule has 0 radical (unpaired) electrons. The average Bonchev–Trinajstić information content (AvgIpc) is 2.40. The maximum absolute atomic E-state index is 12.3. The quantitative estimate of drug-likeness (QED) is 0.879. The Balaban J connectivity index is 0.000000200. The number of benzene rings is 2. The van der Waals surface area contributed by atoms with Gasteiger partial charge in [-0.05, 0) is 49.2 Å². The molecule has 2 N–H and O–H groups in total. The molecule has 0 spiro atoms. The summed E-state index contributed by atoms with van der Waals surface area (Å²) in [5, 5.41) is 18.0. The van der Waals surface area contributed by atoms with Crippen molar-refractivity contribution in [3.05, 3.63) is 71.3 Å². The highest BCUT2D eigenvalue weighted by molar-refractivity contribution is 5.18. The SMILES string of the molecule is CC(O)c1ccc(F)cc1.CC(O)c1ccc(F)cc1. The number of rotatable bonds is 2. The van der Waals surface area contributed by atoms with Gasteiger partial charge in [0.15, 0.2) is 0 Å². The zero-order valence-electron chi connectivity index (χ0n) is 11.4. The van der Waals surface area contributed by atoms with E-state index in [9.17, 15) is 8.78 Å². The lowest BCUT2D eigenvalue weighted by Crippen LogP contribution is -1.89. The van der Waals surface area contributed by atoms with Crippen molar-refractivity contribution in [3.63, 3.8) is 0 Å². The van der Waals surface area contributed by atoms with E-state index in [4.69, 9.17) is 10.2 Å². The first-order valence-corrected chi connectivity index (χ1v) is 6.27. The van der Waals surface area contributed by atoms with Crippen molar-refractivity contribution in [1.29, 1.82) is 0 Å². The Labute approximate surface area is 117 Å². The molecular weight excluding hydrogens is 262 g/mol. The molecule has 0 aromatic heterocycles. The molecular formula is C16H18F2O2. The van der Waals surface area contributed by atoms with Gasteiger partial charge in [-0.15, -0.1) is 0 Å². The van der Waals surface area contributed by atoms with Gasteiger partial charge in [0.25, 0.3) is 0 Å². The first-order valence-electron chi connectivity index (χ1n) is 6.27. The van der Waals surface area contributed by atoms with E-state index in [-0.39, 0.29) is 11.6 Å². The Morgan fingerprint density at radius 2 is 0.900 bits per heavy atom. The van der Waals surface area contributed by atoms with Crippen molar-refractivity contribution >= 4 is 0 Å². The van der Waals surface area contributed by atoms with Crippen LogP contribution in [0.1, 0.15) is 37.2 Å². The molecule has 0 saturated carbocycles. The van der Waals surface area contributed by atoms with E-state index in [1.165, 1.54) is 24.3 Å². The lowest BCUT2D eigenvalue weighted by atomic mass is 10.1. The molecule has 0 aliphatic carbocycles. The topological polar surface area (TPSA) is 40.5 Å². The van der Waals surface area contributed by atoms with Gasteiger partial charge in [0.1, 0.15) is 11.6 Å². The van der Waals surface area contributed by atoms with Crippen molar-refractivity contribution in [1.82, 2.24) is 0 Å². The lowest BCUT2D eigenvalue weighted by Gasteiger charge is -2.01. The predicted molar refractivity (Wildman–Crippen MR) is 74.1 cm³/mol. The standard InChI is InChI=1S/2C8H9FO/c2*1-6(10)7-2-4-8(9)5-3-7/h2*2-6,10H,1H3. The molecule has 2 rings (SSSR count). The van der Waals surface area contributed by atoms with Crippen LogP contribution in [0, 0.1) is 11.6 Å². The second kappa shape index (κ2) is 7.72. The molecule has 4 heteroatoms. The molecule has 0 amide bonds. The maximum atomic E-state index is 12.3. The van der Waals surface area contributed by atoms with E-state index in [1.807, 2.05) is 0 Å². The van der Waals surface area contributed by atoms with Crippen LogP contribution >= 0.6 is 0 Å². The Morgan fingerprint density at radius 1 is 0.650 bits per heavy atom. The monoisotopic (exact) mass is 280 g/mol. The predicted octanol–water partition coefficient (Wildman–Crippen LogP) is 3.76. The van der Waals surface area contributed by atoms with E-state index in [2.05, 4.69) is 0 Å². The zero-order valence-corrected chi connectivity index (χ0v) is 11.4. The number of aliphatic hydroxyl groups is 2. The summed E-state index contributed by atoms with van der Waals surface area (Å²) in [6, 6.07) is 11.6. The normalized spacial score (nSPS) is 13.1. The van der Waals surface area contributed by atoms with Gasteiger partial charge < -0.3 is 10.2 Å². The zero-order chi connectivity index (χ0) is 15.1. The second-order valence-electron chi connectivity index (χ2n) is 4.46. The molecule has 108 valence electrons. The van der Waals surface area contributed by atoms with Gasteiger partial charge in [-0.1, -0.05) is 24.3 Å². The molecule has 0 aliphatic rings. The third-order valence-electron chi connectivity index (χ3n) is 2.70. The van der Waals surface area contributed by atoms with E-state index in [0.29, 0.717) is 0 Å². The average molecular weight is 280 g/mol. The summed E-state index contributed by atoms with van der Waals surface area (Å²) >= 11 is 0. The van der Waals surface area contributed by atoms with Crippen molar-refractivity contribution in [2.24, 2.45) is 0 Å². The van der Waals surface area contributed by atoms with Crippen LogP contribution in [-0.4, -0.2) is 10.2 Å². The largest absolute Gasteiger partial charge is 0.389 e. The molecule has 2 aromatic carbocycles. The Bertz CT molecular complexity index is 456. The minimum atomic E-state index is -0.513. The number of aliphatic hydroxyl groups excluding tert-OH is 2. The van der Waals surface area contributed by atoms with Crippen LogP contribution in [0.5, 0.6) is 0 Å². The summed E-state index contributed by atoms with van der Waals surface area (Å²) in [6.07, 6.45) is -1.03. The van der Waals surface area contributed by atoms with Crippen molar-refractivity contribution in [2.45, 2.75) is 26.1 Å². The number of hydrogen-bond donors (Lipinski definition) is 2. The molecule has 2 nitrogen and oxygen atoms in total. The summed E-state index contributed by atoms with van der Waals surface area (Å²) in [7, 11) is 0. The highest BCUT2D eigenvalue weighted by Gasteiger charge is 1.99. The number of halogens is 2. The van der Waals surface area contributed by atoms with Gasteiger partial charge in [0, 0.05) is 0 Å². The summed E-state index contributed by atoms with van der Waals surface area (Å²) in [5.41, 5.74) is 1.47. The third-order valence-corrected chi connectivity index (χ3v) is 2.70. The summed E-state index contributed by atoms with van der Waals surface area (Å²) in [5.74, 6) is -0.547. The van der Waals surface area contributed by atoms with Gasteiger partial charge in [-0.25, -0.2) is 8.78 Å². The Hall–Kier alpha value is -1.78. The van der Waals surface area contributed by atoms with E-state index in [0.717, 1.165) is 11.1 Å². The van der Waals surface area contributed by atoms with Gasteiger partial charge in [0.05, 0.1) is 12.2 Å². The van der Waals surface area contributed by atoms with Crippen LogP contribution in [0.15, 0.2) is 48.5 Å². The molecule has 0 aliphatic heterocycles. The first-order chi connectivity index (χ1) is 9.40. The molecule has 0 heterocycles. The van der Waals surface area contributed by atoms with E-state index >= 15 is 0 Å². The summed E-state index contributed by atoms with van der Waals surface area (Å²) in [4.78, 5) is 0. The Morgan fingerprint density at radius 3 is 1.10 bits per heavy atom. The lowest BCUT2D eigenvalue weighted by molar-refractivity contribution is 0.199. The third kappa shape index (κ3) is 5.47. The van der Waals surface area contributed by atoms with Gasteiger partial charge in [-0.2, -0.15) is 0 Å². The van der Waals surface area contributed by atoms with Gasteiger partial charge in [-0.3, -0.25) is 0 Å². The number of hydrogen-bond acceptors (Lipinski definition) is 2. The van der Waals surface area contributed by atoms with E-state index < -0.39 is 12.2 Å². The van der Waals surface area contributed by atoms with Crippen LogP contribution in [0.3, 0.4) is 0 Å². The fraction of sp³-hybridized carbons (Fsp3) is 0.250. The fourth-order valence-electron chi connectivity index (χ4n) is 1.48.